The van der Waals surface area contributed by atoms with E-state index in [4.69, 9.17) is 0 Å². The van der Waals surface area contributed by atoms with Gasteiger partial charge in [0, 0.05) is 5.92 Å². The number of hydrogen-bond acceptors (Lipinski definition) is 2. The van der Waals surface area contributed by atoms with E-state index in [1.54, 1.807) is 0 Å². The zero-order valence-electron chi connectivity index (χ0n) is 11.1. The smallest absolute Gasteiger partial charge is 0.0852 e. The molecule has 0 aromatic carbocycles. The van der Waals surface area contributed by atoms with Gasteiger partial charge < -0.3 is 10.1 Å². The summed E-state index contributed by atoms with van der Waals surface area (Å²) in [6, 6.07) is 0. The van der Waals surface area contributed by atoms with E-state index in [0.29, 0.717) is 29.1 Å². The summed E-state index contributed by atoms with van der Waals surface area (Å²) in [6.45, 7) is 8.17. The number of oxime groups is 1. The maximum absolute atomic E-state index is 9.24. The van der Waals surface area contributed by atoms with Gasteiger partial charge in [-0.05, 0) is 23.7 Å². The lowest BCUT2D eigenvalue weighted by Crippen LogP contribution is -3.06. The molecule has 3 nitrogen and oxygen atoms in total. The Balaban J connectivity index is 2.27. The molecule has 92 valence electrons. The normalized spacial score (nSPS) is 43.5. The number of fused-ring (bicyclic) bond motifs is 2. The minimum Gasteiger partial charge on any atom is -0.411 e. The van der Waals surface area contributed by atoms with E-state index < -0.39 is 0 Å². The van der Waals surface area contributed by atoms with Crippen LogP contribution in [0, 0.1) is 29.1 Å². The van der Waals surface area contributed by atoms with E-state index in [2.05, 4.69) is 40.0 Å². The molecule has 0 heterocycles. The van der Waals surface area contributed by atoms with Crippen molar-refractivity contribution in [3.05, 3.63) is 0 Å². The molecule has 16 heavy (non-hydrogen) atoms. The van der Waals surface area contributed by atoms with E-state index in [1.165, 1.54) is 11.3 Å². The average molecular weight is 225 g/mol. The molecule has 0 aromatic rings. The molecule has 2 saturated carbocycles. The molecule has 3 heteroatoms. The van der Waals surface area contributed by atoms with Crippen molar-refractivity contribution < 1.29 is 10.1 Å². The molecule has 2 aliphatic carbocycles. The highest BCUT2D eigenvalue weighted by Gasteiger charge is 2.59. The second kappa shape index (κ2) is 3.73. The van der Waals surface area contributed by atoms with Crippen LogP contribution in [0.2, 0.25) is 0 Å². The van der Waals surface area contributed by atoms with Gasteiger partial charge in [0.2, 0.25) is 0 Å². The Bertz CT molecular complexity index is 309. The van der Waals surface area contributed by atoms with Gasteiger partial charge in [0.15, 0.2) is 0 Å². The van der Waals surface area contributed by atoms with Crippen LogP contribution in [0.1, 0.15) is 27.2 Å². The highest BCUT2D eigenvalue weighted by Crippen LogP contribution is 2.59. The SMILES string of the molecule is C[C@H]1[C@H]2C[C@H]([C@H](C[NH+](C)C)/C2=N\O)C1(C)C. The Morgan fingerprint density at radius 3 is 2.56 bits per heavy atom. The first-order chi connectivity index (χ1) is 7.39. The first kappa shape index (κ1) is 11.9. The highest BCUT2D eigenvalue weighted by molar-refractivity contribution is 5.92. The van der Waals surface area contributed by atoms with Crippen LogP contribution in [-0.2, 0) is 0 Å². The fourth-order valence-corrected chi connectivity index (χ4v) is 4.01. The summed E-state index contributed by atoms with van der Waals surface area (Å²) in [4.78, 5) is 1.45. The summed E-state index contributed by atoms with van der Waals surface area (Å²) in [5, 5.41) is 12.9. The Morgan fingerprint density at radius 2 is 2.06 bits per heavy atom. The van der Waals surface area contributed by atoms with Crippen molar-refractivity contribution in [3.63, 3.8) is 0 Å². The van der Waals surface area contributed by atoms with Gasteiger partial charge in [-0.15, -0.1) is 0 Å². The highest BCUT2D eigenvalue weighted by atomic mass is 16.4. The molecule has 0 amide bonds. The molecule has 0 saturated heterocycles. The second-order valence-electron chi connectivity index (χ2n) is 6.60. The van der Waals surface area contributed by atoms with Crippen molar-refractivity contribution in [1.82, 2.24) is 0 Å². The maximum Gasteiger partial charge on any atom is 0.0852 e. The van der Waals surface area contributed by atoms with Crippen LogP contribution in [0.3, 0.4) is 0 Å². The molecule has 0 spiro atoms. The fraction of sp³-hybridized carbons (Fsp3) is 0.923. The van der Waals surface area contributed by atoms with Gasteiger partial charge in [0.25, 0.3) is 0 Å². The van der Waals surface area contributed by atoms with Crippen molar-refractivity contribution in [2.24, 2.45) is 34.2 Å². The zero-order valence-corrected chi connectivity index (χ0v) is 11.1. The minimum atomic E-state index is 0.402. The molecular weight excluding hydrogens is 200 g/mol. The zero-order chi connectivity index (χ0) is 12.1. The van der Waals surface area contributed by atoms with Crippen LogP contribution >= 0.6 is 0 Å². The van der Waals surface area contributed by atoms with Crippen molar-refractivity contribution in [1.29, 1.82) is 0 Å². The molecule has 0 aliphatic heterocycles. The summed E-state index contributed by atoms with van der Waals surface area (Å²) < 4.78 is 0. The summed E-state index contributed by atoms with van der Waals surface area (Å²) in [5.41, 5.74) is 1.48. The predicted molar refractivity (Wildman–Crippen MR) is 64.9 cm³/mol. The maximum atomic E-state index is 9.24. The quantitative estimate of drug-likeness (QED) is 0.531. The van der Waals surface area contributed by atoms with Crippen LogP contribution in [0.15, 0.2) is 5.16 Å². The molecule has 4 atom stereocenters. The number of quaternary nitrogens is 1. The number of nitrogens with one attached hydrogen (secondary N) is 1. The van der Waals surface area contributed by atoms with Crippen LogP contribution in [0.25, 0.3) is 0 Å². The average Bonchev–Trinajstić information content (AvgIpc) is 2.63. The standard InChI is InChI=1S/C13H24N2O/c1-8-9-6-11(13(8,2)3)10(7-15(4)5)12(9)14-16/h8-11,16H,6-7H2,1-5H3/p+1/b14-12-/t8-,9+,10-,11+/m0/s1. The van der Waals surface area contributed by atoms with Crippen LogP contribution in [-0.4, -0.2) is 31.6 Å². The predicted octanol–water partition coefficient (Wildman–Crippen LogP) is 0.889. The molecular formula is C13H25N2O+. The van der Waals surface area contributed by atoms with Gasteiger partial charge in [0.05, 0.1) is 32.3 Å². The van der Waals surface area contributed by atoms with Gasteiger partial charge in [-0.3, -0.25) is 0 Å². The topological polar surface area (TPSA) is 37.0 Å². The van der Waals surface area contributed by atoms with Gasteiger partial charge in [-0.25, -0.2) is 0 Å². The summed E-state index contributed by atoms with van der Waals surface area (Å²) >= 11 is 0. The fourth-order valence-electron chi connectivity index (χ4n) is 4.01. The van der Waals surface area contributed by atoms with Gasteiger partial charge in [0.1, 0.15) is 0 Å². The molecule has 2 N–H and O–H groups in total. The van der Waals surface area contributed by atoms with E-state index in [-0.39, 0.29) is 0 Å². The molecule has 2 fully saturated rings. The van der Waals surface area contributed by atoms with Crippen molar-refractivity contribution >= 4 is 5.71 Å². The first-order valence-corrected chi connectivity index (χ1v) is 6.40. The second-order valence-corrected chi connectivity index (χ2v) is 6.60. The number of nitrogens with zero attached hydrogens (tertiary/aromatic N) is 1. The van der Waals surface area contributed by atoms with Crippen molar-refractivity contribution in [2.75, 3.05) is 20.6 Å². The largest absolute Gasteiger partial charge is 0.411 e. The van der Waals surface area contributed by atoms with Crippen LogP contribution in [0.5, 0.6) is 0 Å². The summed E-state index contributed by atoms with van der Waals surface area (Å²) in [6.07, 6.45) is 1.23. The Kier molecular flexibility index (Phi) is 2.77. The molecule has 0 unspecified atom stereocenters. The lowest BCUT2D eigenvalue weighted by molar-refractivity contribution is -0.861. The Morgan fingerprint density at radius 1 is 1.44 bits per heavy atom. The van der Waals surface area contributed by atoms with E-state index in [1.807, 2.05) is 0 Å². The number of rotatable bonds is 2. The van der Waals surface area contributed by atoms with E-state index in [0.717, 1.165) is 12.3 Å². The van der Waals surface area contributed by atoms with Crippen LogP contribution < -0.4 is 4.90 Å². The Labute approximate surface area is 98.5 Å². The van der Waals surface area contributed by atoms with Crippen molar-refractivity contribution in [3.8, 4) is 0 Å². The third-order valence-corrected chi connectivity index (χ3v) is 5.23. The number of hydrogen-bond donors (Lipinski definition) is 2. The lowest BCUT2D eigenvalue weighted by atomic mass is 9.64. The third-order valence-electron chi connectivity index (χ3n) is 5.23. The minimum absolute atomic E-state index is 0.402. The monoisotopic (exact) mass is 225 g/mol. The van der Waals surface area contributed by atoms with Gasteiger partial charge in [-0.1, -0.05) is 25.9 Å². The molecule has 2 bridgehead atoms. The lowest BCUT2D eigenvalue weighted by Gasteiger charge is -2.40. The van der Waals surface area contributed by atoms with Crippen molar-refractivity contribution in [2.45, 2.75) is 27.2 Å². The summed E-state index contributed by atoms with van der Waals surface area (Å²) in [7, 11) is 4.36. The third kappa shape index (κ3) is 1.48. The molecule has 0 radical (unpaired) electrons. The Hall–Kier alpha value is -0.570. The summed E-state index contributed by atoms with van der Waals surface area (Å²) in [5.74, 6) is 2.37. The molecule has 2 aliphatic rings. The first-order valence-electron chi connectivity index (χ1n) is 6.40. The van der Waals surface area contributed by atoms with Crippen LogP contribution in [0.4, 0.5) is 0 Å². The van der Waals surface area contributed by atoms with Gasteiger partial charge in [-0.2, -0.15) is 0 Å². The van der Waals surface area contributed by atoms with E-state index >= 15 is 0 Å². The molecule has 2 rings (SSSR count). The van der Waals surface area contributed by atoms with E-state index in [9.17, 15) is 5.21 Å². The molecule has 0 aromatic heterocycles. The van der Waals surface area contributed by atoms with Gasteiger partial charge >= 0.3 is 0 Å².